The van der Waals surface area contributed by atoms with E-state index >= 15 is 0 Å². The van der Waals surface area contributed by atoms with Gasteiger partial charge >= 0.3 is 0 Å². The fourth-order valence-electron chi connectivity index (χ4n) is 3.03. The molecule has 1 aliphatic heterocycles. The SMILES string of the molecule is Br.CN1CCN(c2ccc(-c3nc(-c4ccccc4)cs3)cc2)CC1. The van der Waals surface area contributed by atoms with E-state index in [0.29, 0.717) is 0 Å². The van der Waals surface area contributed by atoms with Gasteiger partial charge in [0.1, 0.15) is 5.01 Å². The Balaban J connectivity index is 0.00000182. The number of thiazole rings is 1. The third kappa shape index (κ3) is 4.11. The number of anilines is 1. The fourth-order valence-corrected chi connectivity index (χ4v) is 3.86. The number of likely N-dealkylation sites (N-methyl/N-ethyl adjacent to an activating group) is 1. The molecule has 0 spiro atoms. The molecule has 0 bridgehead atoms. The van der Waals surface area contributed by atoms with Crippen LogP contribution in [0.4, 0.5) is 5.69 Å². The maximum atomic E-state index is 4.80. The number of rotatable bonds is 3. The van der Waals surface area contributed by atoms with Gasteiger partial charge in [0.2, 0.25) is 0 Å². The van der Waals surface area contributed by atoms with E-state index in [2.05, 4.69) is 70.8 Å². The summed E-state index contributed by atoms with van der Waals surface area (Å²) in [5, 5.41) is 3.22. The topological polar surface area (TPSA) is 19.4 Å². The lowest BCUT2D eigenvalue weighted by atomic mass is 10.1. The van der Waals surface area contributed by atoms with Crippen LogP contribution < -0.4 is 4.90 Å². The highest BCUT2D eigenvalue weighted by Crippen LogP contribution is 2.30. The van der Waals surface area contributed by atoms with Crippen molar-refractivity contribution in [3.8, 4) is 21.8 Å². The van der Waals surface area contributed by atoms with Crippen molar-refractivity contribution in [3.63, 3.8) is 0 Å². The molecule has 1 aromatic heterocycles. The van der Waals surface area contributed by atoms with Gasteiger partial charge in [-0.1, -0.05) is 30.3 Å². The Morgan fingerprint density at radius 3 is 2.20 bits per heavy atom. The fraction of sp³-hybridized carbons (Fsp3) is 0.250. The zero-order valence-corrected chi connectivity index (χ0v) is 16.8. The molecule has 130 valence electrons. The first-order valence-corrected chi connectivity index (χ1v) is 9.22. The summed E-state index contributed by atoms with van der Waals surface area (Å²) >= 11 is 1.71. The number of piperazine rings is 1. The smallest absolute Gasteiger partial charge is 0.124 e. The van der Waals surface area contributed by atoms with Crippen LogP contribution in [0.2, 0.25) is 0 Å². The van der Waals surface area contributed by atoms with Gasteiger partial charge in [-0.15, -0.1) is 28.3 Å². The van der Waals surface area contributed by atoms with Gasteiger partial charge in [0.25, 0.3) is 0 Å². The zero-order chi connectivity index (χ0) is 16.4. The van der Waals surface area contributed by atoms with Gasteiger partial charge in [0.05, 0.1) is 5.69 Å². The molecule has 0 N–H and O–H groups in total. The molecule has 0 radical (unpaired) electrons. The summed E-state index contributed by atoms with van der Waals surface area (Å²) in [6.07, 6.45) is 0. The summed E-state index contributed by atoms with van der Waals surface area (Å²) in [6.45, 7) is 4.47. The average Bonchev–Trinajstić information content (AvgIpc) is 3.13. The monoisotopic (exact) mass is 415 g/mol. The lowest BCUT2D eigenvalue weighted by Crippen LogP contribution is -2.44. The standard InChI is InChI=1S/C20H21N3S.BrH/c1-22-11-13-23(14-12-22)18-9-7-17(8-10-18)20-21-19(15-24-20)16-5-3-2-4-6-16;/h2-10,15H,11-14H2,1H3;1H. The van der Waals surface area contributed by atoms with Gasteiger partial charge in [-0.3, -0.25) is 0 Å². The Morgan fingerprint density at radius 1 is 0.840 bits per heavy atom. The molecule has 3 nitrogen and oxygen atoms in total. The van der Waals surface area contributed by atoms with Crippen molar-refractivity contribution in [1.82, 2.24) is 9.88 Å². The summed E-state index contributed by atoms with van der Waals surface area (Å²) in [7, 11) is 2.19. The van der Waals surface area contributed by atoms with Crippen molar-refractivity contribution < 1.29 is 0 Å². The maximum Gasteiger partial charge on any atom is 0.124 e. The van der Waals surface area contributed by atoms with Crippen molar-refractivity contribution in [2.75, 3.05) is 38.1 Å². The van der Waals surface area contributed by atoms with Crippen molar-refractivity contribution in [2.45, 2.75) is 0 Å². The van der Waals surface area contributed by atoms with E-state index in [1.54, 1.807) is 11.3 Å². The first-order chi connectivity index (χ1) is 11.8. The number of hydrogen-bond donors (Lipinski definition) is 0. The van der Waals surface area contributed by atoms with Crippen LogP contribution in [-0.2, 0) is 0 Å². The number of halogens is 1. The second-order valence-electron chi connectivity index (χ2n) is 6.24. The van der Waals surface area contributed by atoms with Crippen LogP contribution in [0.25, 0.3) is 21.8 Å². The highest BCUT2D eigenvalue weighted by Gasteiger charge is 2.14. The third-order valence-corrected chi connectivity index (χ3v) is 5.45. The highest BCUT2D eigenvalue weighted by atomic mass is 79.9. The minimum Gasteiger partial charge on any atom is -0.369 e. The number of hydrogen-bond acceptors (Lipinski definition) is 4. The molecule has 3 aromatic rings. The number of benzene rings is 2. The largest absolute Gasteiger partial charge is 0.369 e. The molecule has 4 rings (SSSR count). The lowest BCUT2D eigenvalue weighted by molar-refractivity contribution is 0.313. The van der Waals surface area contributed by atoms with Crippen LogP contribution in [-0.4, -0.2) is 43.1 Å². The summed E-state index contributed by atoms with van der Waals surface area (Å²) in [5.41, 5.74) is 4.74. The predicted molar refractivity (Wildman–Crippen MR) is 113 cm³/mol. The Hall–Kier alpha value is -1.69. The van der Waals surface area contributed by atoms with Crippen molar-refractivity contribution in [3.05, 3.63) is 60.0 Å². The second-order valence-corrected chi connectivity index (χ2v) is 7.10. The number of nitrogens with zero attached hydrogens (tertiary/aromatic N) is 3. The first-order valence-electron chi connectivity index (χ1n) is 8.34. The van der Waals surface area contributed by atoms with E-state index in [9.17, 15) is 0 Å². The second kappa shape index (κ2) is 8.13. The minimum atomic E-state index is 0. The summed E-state index contributed by atoms with van der Waals surface area (Å²) in [6, 6.07) is 19.2. The third-order valence-electron chi connectivity index (χ3n) is 4.56. The van der Waals surface area contributed by atoms with E-state index in [-0.39, 0.29) is 17.0 Å². The van der Waals surface area contributed by atoms with Crippen LogP contribution in [0, 0.1) is 0 Å². The van der Waals surface area contributed by atoms with Crippen molar-refractivity contribution in [1.29, 1.82) is 0 Å². The van der Waals surface area contributed by atoms with Crippen LogP contribution in [0.3, 0.4) is 0 Å². The molecule has 1 saturated heterocycles. The molecule has 0 amide bonds. The normalized spacial score (nSPS) is 15.0. The molecule has 2 heterocycles. The lowest BCUT2D eigenvalue weighted by Gasteiger charge is -2.34. The molecule has 0 saturated carbocycles. The van der Waals surface area contributed by atoms with Gasteiger partial charge in [-0.25, -0.2) is 4.98 Å². The Morgan fingerprint density at radius 2 is 1.52 bits per heavy atom. The number of aromatic nitrogens is 1. The van der Waals surface area contributed by atoms with Crippen LogP contribution in [0.5, 0.6) is 0 Å². The van der Waals surface area contributed by atoms with E-state index < -0.39 is 0 Å². The van der Waals surface area contributed by atoms with Crippen LogP contribution in [0.1, 0.15) is 0 Å². The Labute approximate surface area is 163 Å². The maximum absolute atomic E-state index is 4.80. The molecule has 0 atom stereocenters. The Bertz CT molecular complexity index is 793. The molecular weight excluding hydrogens is 394 g/mol. The van der Waals surface area contributed by atoms with Gasteiger partial charge in [0.15, 0.2) is 0 Å². The highest BCUT2D eigenvalue weighted by molar-refractivity contribution is 8.93. The summed E-state index contributed by atoms with van der Waals surface area (Å²) in [5.74, 6) is 0. The van der Waals surface area contributed by atoms with E-state index in [1.807, 2.05) is 6.07 Å². The van der Waals surface area contributed by atoms with Crippen LogP contribution >= 0.6 is 28.3 Å². The van der Waals surface area contributed by atoms with Crippen molar-refractivity contribution in [2.24, 2.45) is 0 Å². The molecule has 25 heavy (non-hydrogen) atoms. The molecule has 1 aliphatic rings. The predicted octanol–water partition coefficient (Wildman–Crippen LogP) is 4.81. The summed E-state index contributed by atoms with van der Waals surface area (Å²) in [4.78, 5) is 9.64. The quantitative estimate of drug-likeness (QED) is 0.611. The van der Waals surface area contributed by atoms with E-state index in [1.165, 1.54) is 16.8 Å². The molecule has 2 aromatic carbocycles. The van der Waals surface area contributed by atoms with E-state index in [0.717, 1.165) is 36.9 Å². The molecule has 0 unspecified atom stereocenters. The van der Waals surface area contributed by atoms with Gasteiger partial charge in [0, 0.05) is 48.4 Å². The van der Waals surface area contributed by atoms with Crippen molar-refractivity contribution >= 4 is 34.0 Å². The first kappa shape index (κ1) is 18.1. The summed E-state index contributed by atoms with van der Waals surface area (Å²) < 4.78 is 0. The molecule has 0 aliphatic carbocycles. The average molecular weight is 416 g/mol. The van der Waals surface area contributed by atoms with Gasteiger partial charge in [-0.2, -0.15) is 0 Å². The molecular formula is C20H22BrN3S. The van der Waals surface area contributed by atoms with Crippen LogP contribution in [0.15, 0.2) is 60.0 Å². The molecule has 1 fully saturated rings. The van der Waals surface area contributed by atoms with E-state index in [4.69, 9.17) is 4.98 Å². The molecule has 5 heteroatoms. The Kier molecular flexibility index (Phi) is 5.89. The zero-order valence-electron chi connectivity index (χ0n) is 14.3. The minimum absolute atomic E-state index is 0. The van der Waals surface area contributed by atoms with Gasteiger partial charge in [-0.05, 0) is 31.3 Å². The van der Waals surface area contributed by atoms with Gasteiger partial charge < -0.3 is 9.80 Å².